The van der Waals surface area contributed by atoms with Crippen molar-refractivity contribution in [2.24, 2.45) is 0 Å². The molecule has 4 rings (SSSR count). The summed E-state index contributed by atoms with van der Waals surface area (Å²) in [6.07, 6.45) is 1.92. The average molecular weight is 327 g/mol. The van der Waals surface area contributed by atoms with E-state index < -0.39 is 0 Å². The van der Waals surface area contributed by atoms with Crippen molar-refractivity contribution in [2.75, 3.05) is 20.3 Å². The van der Waals surface area contributed by atoms with Crippen LogP contribution in [0.5, 0.6) is 5.75 Å². The van der Waals surface area contributed by atoms with Gasteiger partial charge >= 0.3 is 0 Å². The molecule has 1 fully saturated rings. The largest absolute Gasteiger partial charge is 0.492 e. The summed E-state index contributed by atoms with van der Waals surface area (Å²) < 4.78 is 16.7. The molecule has 24 heavy (non-hydrogen) atoms. The first kappa shape index (κ1) is 15.3. The number of rotatable bonds is 4. The lowest BCUT2D eigenvalue weighted by Gasteiger charge is -2.25. The first-order valence-corrected chi connectivity index (χ1v) is 8.37. The Hall–Kier alpha value is -2.27. The van der Waals surface area contributed by atoms with Crippen molar-refractivity contribution in [3.63, 3.8) is 0 Å². The fourth-order valence-electron chi connectivity index (χ4n) is 3.69. The predicted molar refractivity (Wildman–Crippen MR) is 87.8 cm³/mol. The molecule has 1 aromatic carbocycles. The molecule has 1 amide bonds. The molecule has 1 aromatic heterocycles. The van der Waals surface area contributed by atoms with Crippen LogP contribution in [0.4, 0.5) is 0 Å². The van der Waals surface area contributed by atoms with E-state index in [4.69, 9.17) is 13.9 Å². The highest BCUT2D eigenvalue weighted by Gasteiger charge is 2.39. The van der Waals surface area contributed by atoms with Crippen LogP contribution in [-0.2, 0) is 16.1 Å². The van der Waals surface area contributed by atoms with Crippen LogP contribution in [0.25, 0.3) is 0 Å². The van der Waals surface area contributed by atoms with E-state index in [1.165, 1.54) is 0 Å². The summed E-state index contributed by atoms with van der Waals surface area (Å²) >= 11 is 0. The Bertz CT molecular complexity index is 738. The van der Waals surface area contributed by atoms with Crippen molar-refractivity contribution in [1.29, 1.82) is 0 Å². The van der Waals surface area contributed by atoms with Crippen molar-refractivity contribution < 1.29 is 18.7 Å². The highest BCUT2D eigenvalue weighted by molar-refractivity contribution is 5.86. The summed E-state index contributed by atoms with van der Waals surface area (Å²) in [6, 6.07) is 11.7. The number of para-hydroxylation sites is 1. The summed E-state index contributed by atoms with van der Waals surface area (Å²) in [7, 11) is 1.64. The summed E-state index contributed by atoms with van der Waals surface area (Å²) in [6.45, 7) is 1.64. The summed E-state index contributed by atoms with van der Waals surface area (Å²) in [4.78, 5) is 15.1. The maximum absolute atomic E-state index is 13.1. The summed E-state index contributed by atoms with van der Waals surface area (Å²) in [5.74, 6) is 2.38. The first-order chi connectivity index (χ1) is 11.8. The molecule has 0 bridgehead atoms. The van der Waals surface area contributed by atoms with E-state index in [1.54, 1.807) is 7.11 Å². The van der Waals surface area contributed by atoms with Gasteiger partial charge in [-0.3, -0.25) is 4.79 Å². The number of fused-ring (bicyclic) bond motifs is 1. The molecule has 2 aliphatic rings. The van der Waals surface area contributed by atoms with Gasteiger partial charge in [0.2, 0.25) is 5.91 Å². The van der Waals surface area contributed by atoms with Crippen LogP contribution in [0.1, 0.15) is 41.9 Å². The minimum atomic E-state index is -0.213. The second kappa shape index (κ2) is 6.32. The Kier molecular flexibility index (Phi) is 4.02. The van der Waals surface area contributed by atoms with E-state index >= 15 is 0 Å². The second-order valence-electron chi connectivity index (χ2n) is 6.33. The number of benzene rings is 1. The fourth-order valence-corrected chi connectivity index (χ4v) is 3.69. The molecule has 0 unspecified atom stereocenters. The monoisotopic (exact) mass is 327 g/mol. The Morgan fingerprint density at radius 2 is 2.17 bits per heavy atom. The molecule has 0 aliphatic carbocycles. The number of hydrogen-bond acceptors (Lipinski definition) is 4. The van der Waals surface area contributed by atoms with Gasteiger partial charge < -0.3 is 18.8 Å². The number of likely N-dealkylation sites (tertiary alicyclic amines) is 1. The van der Waals surface area contributed by atoms with E-state index in [2.05, 4.69) is 0 Å². The molecular weight excluding hydrogens is 306 g/mol. The van der Waals surface area contributed by atoms with Crippen molar-refractivity contribution in [3.8, 4) is 5.75 Å². The normalized spacial score (nSPS) is 22.5. The van der Waals surface area contributed by atoms with Gasteiger partial charge in [0, 0.05) is 19.2 Å². The van der Waals surface area contributed by atoms with E-state index in [1.807, 2.05) is 41.3 Å². The summed E-state index contributed by atoms with van der Waals surface area (Å²) in [5.41, 5.74) is 0.993. The number of furan rings is 1. The second-order valence-corrected chi connectivity index (χ2v) is 6.33. The molecule has 1 saturated heterocycles. The first-order valence-electron chi connectivity index (χ1n) is 8.37. The van der Waals surface area contributed by atoms with Gasteiger partial charge in [0.1, 0.15) is 36.4 Å². The van der Waals surface area contributed by atoms with Crippen LogP contribution >= 0.6 is 0 Å². The minimum Gasteiger partial charge on any atom is -0.492 e. The smallest absolute Gasteiger partial charge is 0.234 e. The molecule has 2 aromatic rings. The third kappa shape index (κ3) is 2.59. The number of methoxy groups -OCH3 is 1. The number of carbonyl (C=O) groups is 1. The van der Waals surface area contributed by atoms with Crippen molar-refractivity contribution >= 4 is 5.91 Å². The third-order valence-electron chi connectivity index (χ3n) is 4.83. The molecule has 0 saturated carbocycles. The van der Waals surface area contributed by atoms with Crippen molar-refractivity contribution in [3.05, 3.63) is 53.5 Å². The number of nitrogens with zero attached hydrogens (tertiary/aromatic N) is 1. The van der Waals surface area contributed by atoms with Crippen LogP contribution in [0.15, 0.2) is 40.8 Å². The van der Waals surface area contributed by atoms with Crippen LogP contribution in [0.2, 0.25) is 0 Å². The zero-order valence-electron chi connectivity index (χ0n) is 13.7. The quantitative estimate of drug-likeness (QED) is 0.865. The number of ether oxygens (including phenoxy) is 2. The van der Waals surface area contributed by atoms with Gasteiger partial charge in [-0.2, -0.15) is 0 Å². The molecule has 5 heteroatoms. The molecule has 2 aliphatic heterocycles. The Morgan fingerprint density at radius 1 is 1.29 bits per heavy atom. The van der Waals surface area contributed by atoms with Crippen molar-refractivity contribution in [1.82, 2.24) is 4.90 Å². The standard InChI is InChI=1S/C19H21NO4/c1-22-11-13-8-9-18(24-13)16-6-4-10-20(16)19(21)15-12-23-17-7-3-2-5-14(15)17/h2-3,5,7-9,15-16H,4,6,10-12H2,1H3/t15-,16+/m1/s1. The third-order valence-corrected chi connectivity index (χ3v) is 4.83. The van der Waals surface area contributed by atoms with Crippen LogP contribution in [0.3, 0.4) is 0 Å². The van der Waals surface area contributed by atoms with Gasteiger partial charge in [-0.25, -0.2) is 0 Å². The summed E-state index contributed by atoms with van der Waals surface area (Å²) in [5, 5.41) is 0. The molecule has 3 heterocycles. The Morgan fingerprint density at radius 3 is 3.04 bits per heavy atom. The molecule has 0 N–H and O–H groups in total. The zero-order chi connectivity index (χ0) is 16.5. The predicted octanol–water partition coefficient (Wildman–Crippen LogP) is 3.27. The van der Waals surface area contributed by atoms with Gasteiger partial charge in [-0.05, 0) is 31.0 Å². The number of amides is 1. The number of carbonyl (C=O) groups excluding carboxylic acids is 1. The Labute approximate surface area is 141 Å². The van der Waals surface area contributed by atoms with Crippen LogP contribution in [0, 0.1) is 0 Å². The van der Waals surface area contributed by atoms with E-state index in [9.17, 15) is 4.79 Å². The SMILES string of the molecule is COCc1ccc([C@@H]2CCCN2C(=O)[C@@H]2COc3ccccc32)o1. The lowest BCUT2D eigenvalue weighted by atomic mass is 9.99. The highest BCUT2D eigenvalue weighted by Crippen LogP contribution is 2.39. The van der Waals surface area contributed by atoms with E-state index in [-0.39, 0.29) is 17.9 Å². The van der Waals surface area contributed by atoms with Crippen molar-refractivity contribution in [2.45, 2.75) is 31.4 Å². The molecule has 2 atom stereocenters. The molecule has 126 valence electrons. The van der Waals surface area contributed by atoms with Gasteiger partial charge in [0.05, 0.1) is 6.04 Å². The van der Waals surface area contributed by atoms with Crippen LogP contribution < -0.4 is 4.74 Å². The molecule has 0 radical (unpaired) electrons. The maximum atomic E-state index is 13.1. The fraction of sp³-hybridized carbons (Fsp3) is 0.421. The van der Waals surface area contributed by atoms with Gasteiger partial charge in [-0.15, -0.1) is 0 Å². The average Bonchev–Trinajstić information content (AvgIpc) is 3.33. The van der Waals surface area contributed by atoms with Crippen LogP contribution in [-0.4, -0.2) is 31.1 Å². The topological polar surface area (TPSA) is 51.9 Å². The zero-order valence-corrected chi connectivity index (χ0v) is 13.7. The van der Waals surface area contributed by atoms with Gasteiger partial charge in [0.25, 0.3) is 0 Å². The lowest BCUT2D eigenvalue weighted by molar-refractivity contribution is -0.134. The van der Waals surface area contributed by atoms with E-state index in [0.29, 0.717) is 13.2 Å². The maximum Gasteiger partial charge on any atom is 0.234 e. The molecule has 0 spiro atoms. The van der Waals surface area contributed by atoms with Gasteiger partial charge in [-0.1, -0.05) is 18.2 Å². The van der Waals surface area contributed by atoms with E-state index in [0.717, 1.165) is 42.2 Å². The molecular formula is C19H21NO4. The molecule has 5 nitrogen and oxygen atoms in total. The number of hydrogen-bond donors (Lipinski definition) is 0. The Balaban J connectivity index is 1.55. The highest BCUT2D eigenvalue weighted by atomic mass is 16.5. The lowest BCUT2D eigenvalue weighted by Crippen LogP contribution is -2.35. The minimum absolute atomic E-state index is 0.0101. The van der Waals surface area contributed by atoms with Gasteiger partial charge in [0.15, 0.2) is 0 Å².